The standard InChI is InChI=1S/C16H32N2O/c1-12(2)8-17-9-16(19)11-18(3)10-15-7-13-4-5-14(15)6-13/h12-17,19H,4-11H2,1-3H3. The Balaban J connectivity index is 1.59. The van der Waals surface area contributed by atoms with Gasteiger partial charge in [-0.1, -0.05) is 20.3 Å². The number of nitrogens with one attached hydrogen (secondary N) is 1. The molecule has 19 heavy (non-hydrogen) atoms. The Kier molecular flexibility index (Phi) is 5.67. The Morgan fingerprint density at radius 2 is 2.00 bits per heavy atom. The molecule has 2 rings (SSSR count). The molecule has 2 bridgehead atoms. The Bertz CT molecular complexity index is 269. The molecule has 4 unspecified atom stereocenters. The van der Waals surface area contributed by atoms with Gasteiger partial charge in [-0.25, -0.2) is 0 Å². The first-order chi connectivity index (χ1) is 9.04. The summed E-state index contributed by atoms with van der Waals surface area (Å²) in [7, 11) is 2.16. The van der Waals surface area contributed by atoms with Crippen LogP contribution in [0.15, 0.2) is 0 Å². The summed E-state index contributed by atoms with van der Waals surface area (Å²) in [4.78, 5) is 2.34. The van der Waals surface area contributed by atoms with E-state index in [1.807, 2.05) is 0 Å². The van der Waals surface area contributed by atoms with Gasteiger partial charge in [-0.3, -0.25) is 0 Å². The van der Waals surface area contributed by atoms with Gasteiger partial charge in [0.25, 0.3) is 0 Å². The zero-order chi connectivity index (χ0) is 13.8. The number of aliphatic hydroxyl groups is 1. The fourth-order valence-electron chi connectivity index (χ4n) is 4.04. The van der Waals surface area contributed by atoms with Crippen LogP contribution in [-0.2, 0) is 0 Å². The van der Waals surface area contributed by atoms with Gasteiger partial charge in [0.2, 0.25) is 0 Å². The lowest BCUT2D eigenvalue weighted by Crippen LogP contribution is -2.39. The zero-order valence-electron chi connectivity index (χ0n) is 12.9. The molecule has 0 aromatic heterocycles. The highest BCUT2D eigenvalue weighted by Crippen LogP contribution is 2.48. The van der Waals surface area contributed by atoms with Crippen LogP contribution in [0.2, 0.25) is 0 Å². The molecular weight excluding hydrogens is 236 g/mol. The van der Waals surface area contributed by atoms with Gasteiger partial charge in [-0.2, -0.15) is 0 Å². The van der Waals surface area contributed by atoms with Crippen LogP contribution in [0.25, 0.3) is 0 Å². The summed E-state index contributed by atoms with van der Waals surface area (Å²) in [6, 6.07) is 0. The minimum atomic E-state index is -0.234. The van der Waals surface area contributed by atoms with E-state index in [9.17, 15) is 5.11 Å². The number of aliphatic hydroxyl groups excluding tert-OH is 1. The van der Waals surface area contributed by atoms with E-state index in [2.05, 4.69) is 31.1 Å². The van der Waals surface area contributed by atoms with Crippen molar-refractivity contribution in [2.24, 2.45) is 23.7 Å². The van der Waals surface area contributed by atoms with E-state index < -0.39 is 0 Å². The van der Waals surface area contributed by atoms with Crippen LogP contribution in [0.1, 0.15) is 39.5 Å². The molecule has 2 saturated carbocycles. The second-order valence-corrected chi connectivity index (χ2v) is 7.36. The third-order valence-corrected chi connectivity index (χ3v) is 4.89. The molecule has 2 N–H and O–H groups in total. The van der Waals surface area contributed by atoms with Crippen molar-refractivity contribution in [3.63, 3.8) is 0 Å². The van der Waals surface area contributed by atoms with Crippen molar-refractivity contribution in [3.05, 3.63) is 0 Å². The Morgan fingerprint density at radius 1 is 1.21 bits per heavy atom. The Hall–Kier alpha value is -0.120. The highest BCUT2D eigenvalue weighted by atomic mass is 16.3. The molecule has 0 aromatic rings. The van der Waals surface area contributed by atoms with Crippen molar-refractivity contribution in [3.8, 4) is 0 Å². The molecule has 2 aliphatic carbocycles. The van der Waals surface area contributed by atoms with Gasteiger partial charge in [0, 0.05) is 19.6 Å². The number of rotatable bonds is 8. The second kappa shape index (κ2) is 7.05. The SMILES string of the molecule is CC(C)CNCC(O)CN(C)CC1CC2CCC1C2. The summed E-state index contributed by atoms with van der Waals surface area (Å²) >= 11 is 0. The van der Waals surface area contributed by atoms with Crippen molar-refractivity contribution >= 4 is 0 Å². The minimum Gasteiger partial charge on any atom is -0.390 e. The lowest BCUT2D eigenvalue weighted by molar-refractivity contribution is 0.108. The van der Waals surface area contributed by atoms with Crippen LogP contribution in [0.5, 0.6) is 0 Å². The van der Waals surface area contributed by atoms with Crippen LogP contribution >= 0.6 is 0 Å². The van der Waals surface area contributed by atoms with Gasteiger partial charge < -0.3 is 15.3 Å². The van der Waals surface area contributed by atoms with Crippen LogP contribution in [0.4, 0.5) is 0 Å². The molecule has 2 aliphatic rings. The molecule has 3 heteroatoms. The smallest absolute Gasteiger partial charge is 0.0791 e. The highest BCUT2D eigenvalue weighted by molar-refractivity contribution is 4.91. The molecular formula is C16H32N2O. The molecule has 0 amide bonds. The Morgan fingerprint density at radius 3 is 2.58 bits per heavy atom. The first kappa shape index (κ1) is 15.3. The molecule has 112 valence electrons. The zero-order valence-corrected chi connectivity index (χ0v) is 12.9. The molecule has 0 heterocycles. The third kappa shape index (κ3) is 4.73. The fourth-order valence-corrected chi connectivity index (χ4v) is 4.04. The minimum absolute atomic E-state index is 0.234. The summed E-state index contributed by atoms with van der Waals surface area (Å²) in [6.07, 6.45) is 5.63. The number of fused-ring (bicyclic) bond motifs is 2. The van der Waals surface area contributed by atoms with E-state index >= 15 is 0 Å². The van der Waals surface area contributed by atoms with E-state index in [0.29, 0.717) is 5.92 Å². The number of nitrogens with zero attached hydrogens (tertiary/aromatic N) is 1. The van der Waals surface area contributed by atoms with Crippen molar-refractivity contribution in [1.29, 1.82) is 0 Å². The quantitative estimate of drug-likeness (QED) is 0.706. The predicted octanol–water partition coefficient (Wildman–Crippen LogP) is 1.96. The van der Waals surface area contributed by atoms with E-state index in [1.165, 1.54) is 32.2 Å². The molecule has 0 spiro atoms. The molecule has 3 nitrogen and oxygen atoms in total. The third-order valence-electron chi connectivity index (χ3n) is 4.89. The second-order valence-electron chi connectivity index (χ2n) is 7.36. The average Bonchev–Trinajstić information content (AvgIpc) is 2.89. The number of likely N-dealkylation sites (N-methyl/N-ethyl adjacent to an activating group) is 1. The lowest BCUT2D eigenvalue weighted by Gasteiger charge is -2.28. The molecule has 0 saturated heterocycles. The number of hydrogen-bond acceptors (Lipinski definition) is 3. The molecule has 2 fully saturated rings. The molecule has 4 atom stereocenters. The molecule has 0 aliphatic heterocycles. The highest BCUT2D eigenvalue weighted by Gasteiger charge is 2.39. The van der Waals surface area contributed by atoms with Crippen molar-refractivity contribution in [2.75, 3.05) is 33.2 Å². The van der Waals surface area contributed by atoms with E-state index in [1.54, 1.807) is 0 Å². The summed E-state index contributed by atoms with van der Waals surface area (Å²) < 4.78 is 0. The fraction of sp³-hybridized carbons (Fsp3) is 1.00. The molecule has 0 radical (unpaired) electrons. The van der Waals surface area contributed by atoms with Gasteiger partial charge in [0.1, 0.15) is 0 Å². The van der Waals surface area contributed by atoms with Gasteiger partial charge in [-0.15, -0.1) is 0 Å². The number of hydrogen-bond donors (Lipinski definition) is 2. The van der Waals surface area contributed by atoms with Crippen molar-refractivity contribution in [2.45, 2.75) is 45.6 Å². The monoisotopic (exact) mass is 268 g/mol. The van der Waals surface area contributed by atoms with Crippen LogP contribution in [0.3, 0.4) is 0 Å². The summed E-state index contributed by atoms with van der Waals surface area (Å²) in [5, 5.41) is 13.4. The van der Waals surface area contributed by atoms with Crippen molar-refractivity contribution in [1.82, 2.24) is 10.2 Å². The van der Waals surface area contributed by atoms with Crippen LogP contribution in [0, 0.1) is 23.7 Å². The maximum Gasteiger partial charge on any atom is 0.0791 e. The summed E-state index contributed by atoms with van der Waals surface area (Å²) in [5.74, 6) is 3.57. The van der Waals surface area contributed by atoms with Crippen LogP contribution in [-0.4, -0.2) is 49.3 Å². The van der Waals surface area contributed by atoms with Gasteiger partial charge in [0.15, 0.2) is 0 Å². The first-order valence-corrected chi connectivity index (χ1v) is 8.12. The van der Waals surface area contributed by atoms with Crippen LogP contribution < -0.4 is 5.32 Å². The molecule has 0 aromatic carbocycles. The maximum absolute atomic E-state index is 10.0. The summed E-state index contributed by atoms with van der Waals surface area (Å²) in [5.41, 5.74) is 0. The Labute approximate surface area is 118 Å². The first-order valence-electron chi connectivity index (χ1n) is 8.12. The lowest BCUT2D eigenvalue weighted by atomic mass is 9.88. The van der Waals surface area contributed by atoms with E-state index in [4.69, 9.17) is 0 Å². The summed E-state index contributed by atoms with van der Waals surface area (Å²) in [6.45, 7) is 8.09. The van der Waals surface area contributed by atoms with E-state index in [-0.39, 0.29) is 6.10 Å². The average molecular weight is 268 g/mol. The van der Waals surface area contributed by atoms with Gasteiger partial charge in [0.05, 0.1) is 6.10 Å². The topological polar surface area (TPSA) is 35.5 Å². The van der Waals surface area contributed by atoms with Gasteiger partial charge >= 0.3 is 0 Å². The van der Waals surface area contributed by atoms with E-state index in [0.717, 1.165) is 37.4 Å². The van der Waals surface area contributed by atoms with Crippen molar-refractivity contribution < 1.29 is 5.11 Å². The normalized spacial score (nSPS) is 31.6. The maximum atomic E-state index is 10.0. The van der Waals surface area contributed by atoms with Gasteiger partial charge in [-0.05, 0) is 56.5 Å². The predicted molar refractivity (Wildman–Crippen MR) is 80.1 cm³/mol. The largest absolute Gasteiger partial charge is 0.390 e.